The van der Waals surface area contributed by atoms with Crippen LogP contribution >= 0.6 is 44.4 Å². The molecule has 0 heterocycles. The third-order valence-corrected chi connectivity index (χ3v) is 3.18. The van der Waals surface area contributed by atoms with Crippen LogP contribution in [0.1, 0.15) is 71.1 Å². The molecule has 0 aliphatic carbocycles. The van der Waals surface area contributed by atoms with Gasteiger partial charge < -0.3 is 4.48 Å². The van der Waals surface area contributed by atoms with Gasteiger partial charge in [-0.3, -0.25) is 0 Å². The molecule has 0 aromatic heterocycles. The van der Waals surface area contributed by atoms with Crippen molar-refractivity contribution in [2.24, 2.45) is 0 Å². The standard InChI is InChI=1S/C15H34N.BrH.3ClH.Fe/c1-5-6-7-8-9-10-11-12-13-14-15-16(2,3)4;;;;;/h5-15H2,1-4H3;4*1H;/q+1;;;;;+3/p-4. The zero-order chi connectivity index (χ0) is 16.8. The molecule has 0 aromatic carbocycles. The second-order valence-corrected chi connectivity index (χ2v) is 21.6. The van der Waals surface area contributed by atoms with Crippen LogP contribution < -0.4 is 0 Å². The normalized spacial score (nSPS) is 12.8. The van der Waals surface area contributed by atoms with Crippen molar-refractivity contribution in [3.05, 3.63) is 0 Å². The van der Waals surface area contributed by atoms with Crippen molar-refractivity contribution >= 4 is 44.4 Å². The molecule has 0 unspecified atom stereocenters. The van der Waals surface area contributed by atoms with E-state index in [0.29, 0.717) is 0 Å². The van der Waals surface area contributed by atoms with Gasteiger partial charge in [0.15, 0.2) is 0 Å². The first-order chi connectivity index (χ1) is 9.56. The Hall–Kier alpha value is 1.83. The summed E-state index contributed by atoms with van der Waals surface area (Å²) in [5.74, 6) is 0. The summed E-state index contributed by atoms with van der Waals surface area (Å²) in [6, 6.07) is 0. The van der Waals surface area contributed by atoms with Gasteiger partial charge in [-0.1, -0.05) is 58.3 Å². The second-order valence-electron chi connectivity index (χ2n) is 6.50. The SMILES string of the molecule is CCCCCCCCCCCC[N+](C)(C)C.[Cl][Fe-]([Cl])([Cl])[Br]. The van der Waals surface area contributed by atoms with Crippen molar-refractivity contribution in [3.63, 3.8) is 0 Å². The van der Waals surface area contributed by atoms with Gasteiger partial charge >= 0.3 is 52.7 Å². The maximum absolute atomic E-state index is 5.10. The Bertz CT molecular complexity index is 212. The van der Waals surface area contributed by atoms with Gasteiger partial charge in [0.05, 0.1) is 27.7 Å². The summed E-state index contributed by atoms with van der Waals surface area (Å²) in [7, 11) is 19.9. The number of hydrogen-bond acceptors (Lipinski definition) is 0. The Kier molecular flexibility index (Phi) is 18.3. The first kappa shape index (κ1) is 25.1. The fourth-order valence-corrected chi connectivity index (χ4v) is 2.07. The van der Waals surface area contributed by atoms with E-state index in [-0.39, 0.29) is 0 Å². The van der Waals surface area contributed by atoms with E-state index in [4.69, 9.17) is 30.3 Å². The summed E-state index contributed by atoms with van der Waals surface area (Å²) in [5, 5.41) is 0. The molecule has 6 heteroatoms. The van der Waals surface area contributed by atoms with Crippen LogP contribution in [0.3, 0.4) is 0 Å². The summed E-state index contributed by atoms with van der Waals surface area (Å²) >= 11 is 2.80. The Balaban J connectivity index is 0. The van der Waals surface area contributed by atoms with Crippen molar-refractivity contribution in [1.82, 2.24) is 0 Å². The fourth-order valence-electron chi connectivity index (χ4n) is 2.07. The number of hydrogen-bond donors (Lipinski definition) is 0. The zero-order valence-corrected chi connectivity index (χ0v) is 19.0. The molecule has 0 aliphatic rings. The number of unbranched alkanes of at least 4 members (excludes halogenated alkanes) is 9. The van der Waals surface area contributed by atoms with Crippen LogP contribution in [0.15, 0.2) is 0 Å². The van der Waals surface area contributed by atoms with Crippen LogP contribution in [0.25, 0.3) is 0 Å². The van der Waals surface area contributed by atoms with Gasteiger partial charge in [-0.15, -0.1) is 0 Å². The Morgan fingerprint density at radius 1 is 0.714 bits per heavy atom. The molecule has 0 bridgehead atoms. The molecule has 0 rings (SSSR count). The topological polar surface area (TPSA) is 0 Å². The number of quaternary nitrogens is 1. The van der Waals surface area contributed by atoms with Crippen LogP contribution in [0.2, 0.25) is 0 Å². The molecule has 21 heavy (non-hydrogen) atoms. The van der Waals surface area contributed by atoms with Gasteiger partial charge in [0.2, 0.25) is 0 Å². The molecule has 0 saturated carbocycles. The van der Waals surface area contributed by atoms with E-state index < -0.39 is 8.30 Å². The Morgan fingerprint density at radius 2 is 1.00 bits per heavy atom. The molecule has 0 spiro atoms. The van der Waals surface area contributed by atoms with E-state index in [1.165, 1.54) is 70.8 Å². The maximum atomic E-state index is 5.10. The molecule has 0 radical (unpaired) electrons. The molecule has 0 fully saturated rings. The van der Waals surface area contributed by atoms with Crippen molar-refractivity contribution in [2.45, 2.75) is 71.1 Å². The van der Waals surface area contributed by atoms with Gasteiger partial charge in [-0.05, 0) is 12.8 Å². The van der Waals surface area contributed by atoms with Crippen molar-refractivity contribution < 1.29 is 12.8 Å². The molecule has 0 aliphatic heterocycles. The molecule has 0 aromatic rings. The predicted octanol–water partition coefficient (Wildman–Crippen LogP) is 7.53. The van der Waals surface area contributed by atoms with E-state index in [0.717, 1.165) is 4.48 Å². The van der Waals surface area contributed by atoms with E-state index in [9.17, 15) is 0 Å². The molecule has 0 saturated heterocycles. The average molecular weight is 471 g/mol. The molecule has 0 atom stereocenters. The van der Waals surface area contributed by atoms with E-state index in [1.54, 1.807) is 0 Å². The predicted molar refractivity (Wildman–Crippen MR) is 101 cm³/mol. The van der Waals surface area contributed by atoms with Crippen molar-refractivity contribution in [1.29, 1.82) is 0 Å². The summed E-state index contributed by atoms with van der Waals surface area (Å²) in [5.41, 5.74) is 0. The first-order valence-corrected chi connectivity index (χ1v) is 15.2. The average Bonchev–Trinajstić information content (AvgIpc) is 2.28. The van der Waals surface area contributed by atoms with Crippen molar-refractivity contribution in [3.8, 4) is 0 Å². The molecule has 1 nitrogen and oxygen atoms in total. The summed E-state index contributed by atoms with van der Waals surface area (Å²) in [6.07, 6.45) is 14.4. The monoisotopic (exact) mass is 468 g/mol. The first-order valence-electron chi connectivity index (χ1n) is 7.90. The van der Waals surface area contributed by atoms with Crippen LogP contribution in [0.4, 0.5) is 0 Å². The molecule has 0 N–H and O–H groups in total. The van der Waals surface area contributed by atoms with Crippen LogP contribution in [-0.4, -0.2) is 32.2 Å². The molecule has 135 valence electrons. The van der Waals surface area contributed by atoms with E-state index >= 15 is 0 Å². The van der Waals surface area contributed by atoms with Crippen LogP contribution in [0.5, 0.6) is 0 Å². The van der Waals surface area contributed by atoms with Gasteiger partial charge in [0.25, 0.3) is 0 Å². The number of rotatable bonds is 11. The minimum absolute atomic E-state index is 1.12. The number of halogens is 4. The summed E-state index contributed by atoms with van der Waals surface area (Å²) in [4.78, 5) is 0. The second kappa shape index (κ2) is 15.4. The summed E-state index contributed by atoms with van der Waals surface area (Å²) < 4.78 is 1.12. The molecular formula is C15H34BrCl3FeN. The van der Waals surface area contributed by atoms with Gasteiger partial charge in [0, 0.05) is 0 Å². The molecule has 0 amide bonds. The van der Waals surface area contributed by atoms with E-state index in [2.05, 4.69) is 42.2 Å². The molecular weight excluding hydrogens is 436 g/mol. The number of nitrogens with zero attached hydrogens (tertiary/aromatic N) is 1. The van der Waals surface area contributed by atoms with Gasteiger partial charge in [-0.25, -0.2) is 0 Å². The van der Waals surface area contributed by atoms with Crippen molar-refractivity contribution in [2.75, 3.05) is 27.7 Å². The summed E-state index contributed by atoms with van der Waals surface area (Å²) in [6.45, 7) is 3.62. The Morgan fingerprint density at radius 3 is 1.29 bits per heavy atom. The Labute approximate surface area is 155 Å². The minimum atomic E-state index is -2.27. The fraction of sp³-hybridized carbons (Fsp3) is 1.00. The van der Waals surface area contributed by atoms with Gasteiger partial charge in [-0.2, -0.15) is 0 Å². The third kappa shape index (κ3) is 39.0. The van der Waals surface area contributed by atoms with Crippen LogP contribution in [0, 0.1) is 0 Å². The van der Waals surface area contributed by atoms with E-state index in [1.807, 2.05) is 0 Å². The third-order valence-electron chi connectivity index (χ3n) is 3.18. The van der Waals surface area contributed by atoms with Gasteiger partial charge in [0.1, 0.15) is 0 Å². The van der Waals surface area contributed by atoms with Crippen LogP contribution in [-0.2, 0) is 8.30 Å². The zero-order valence-electron chi connectivity index (χ0n) is 14.1. The quantitative estimate of drug-likeness (QED) is 0.166.